The number of carbonyl (C=O) groups is 3. The Morgan fingerprint density at radius 2 is 2.00 bits per heavy atom. The van der Waals surface area contributed by atoms with Gasteiger partial charge in [-0.2, -0.15) is 0 Å². The van der Waals surface area contributed by atoms with Crippen molar-refractivity contribution in [2.75, 3.05) is 6.79 Å². The first-order chi connectivity index (χ1) is 12.1. The number of para-hydroxylation sites is 1. The van der Waals surface area contributed by atoms with Crippen molar-refractivity contribution in [3.8, 4) is 5.75 Å². The average molecular weight is 363 g/mol. The molecule has 0 aromatic heterocycles. The van der Waals surface area contributed by atoms with Crippen molar-refractivity contribution in [1.82, 2.24) is 5.32 Å². The lowest BCUT2D eigenvalue weighted by Crippen LogP contribution is -2.52. The van der Waals surface area contributed by atoms with Crippen LogP contribution in [0.15, 0.2) is 18.2 Å². The average Bonchev–Trinajstić information content (AvgIpc) is 2.53. The van der Waals surface area contributed by atoms with E-state index in [0.717, 1.165) is 0 Å². The van der Waals surface area contributed by atoms with Gasteiger partial charge in [0.05, 0.1) is 11.4 Å². The Balaban J connectivity index is 2.07. The van der Waals surface area contributed by atoms with Gasteiger partial charge in [0.2, 0.25) is 12.7 Å². The molecular formula is C17H22BNO7. The maximum absolute atomic E-state index is 12.3. The summed E-state index contributed by atoms with van der Waals surface area (Å²) in [4.78, 5) is 35.1. The molecule has 1 aromatic carbocycles. The quantitative estimate of drug-likeness (QED) is 0.463. The summed E-state index contributed by atoms with van der Waals surface area (Å²) < 4.78 is 15.3. The predicted molar refractivity (Wildman–Crippen MR) is 92.2 cm³/mol. The van der Waals surface area contributed by atoms with Crippen LogP contribution in [0.3, 0.4) is 0 Å². The van der Waals surface area contributed by atoms with Crippen molar-refractivity contribution in [3.63, 3.8) is 0 Å². The minimum atomic E-state index is -1.29. The highest BCUT2D eigenvalue weighted by Crippen LogP contribution is 2.30. The third-order valence-electron chi connectivity index (χ3n) is 3.72. The number of hydrogen-bond donors (Lipinski definition) is 2. The number of nitrogens with one attached hydrogen (secondary N) is 1. The second-order valence-corrected chi connectivity index (χ2v) is 7.04. The van der Waals surface area contributed by atoms with Gasteiger partial charge in [-0.1, -0.05) is 12.1 Å². The fourth-order valence-electron chi connectivity index (χ4n) is 2.40. The molecule has 1 aliphatic heterocycles. The third kappa shape index (κ3) is 4.75. The molecular weight excluding hydrogens is 341 g/mol. The molecule has 8 nitrogen and oxygen atoms in total. The molecule has 140 valence electrons. The van der Waals surface area contributed by atoms with Gasteiger partial charge < -0.3 is 24.5 Å². The first-order valence-electron chi connectivity index (χ1n) is 8.17. The number of amides is 1. The zero-order valence-electron chi connectivity index (χ0n) is 15.2. The molecule has 0 saturated carbocycles. The summed E-state index contributed by atoms with van der Waals surface area (Å²) in [5, 5.41) is 12.6. The van der Waals surface area contributed by atoms with Gasteiger partial charge in [0.1, 0.15) is 11.3 Å². The summed E-state index contributed by atoms with van der Waals surface area (Å²) in [5.41, 5.74) is 0.0504. The molecule has 0 fully saturated rings. The third-order valence-corrected chi connectivity index (χ3v) is 3.72. The standard InChI is InChI=1S/C17H22BNO7/c1-10(20)19-13-8-11-6-5-7-12(14(11)26-18(13)23)15(21)24-9-25-16(22)17(2,3)4/h5-7,13,23H,8-9H2,1-4H3,(H,19,20). The molecule has 0 saturated heterocycles. The summed E-state index contributed by atoms with van der Waals surface area (Å²) in [5.74, 6) is -1.95. The highest BCUT2D eigenvalue weighted by Gasteiger charge is 2.37. The van der Waals surface area contributed by atoms with E-state index in [2.05, 4.69) is 5.32 Å². The number of benzene rings is 1. The van der Waals surface area contributed by atoms with Crippen LogP contribution in [0.5, 0.6) is 5.75 Å². The van der Waals surface area contributed by atoms with E-state index >= 15 is 0 Å². The molecule has 1 aromatic rings. The Labute approximate surface area is 152 Å². The van der Waals surface area contributed by atoms with E-state index < -0.39 is 37.2 Å². The largest absolute Gasteiger partial charge is 0.547 e. The van der Waals surface area contributed by atoms with Crippen LogP contribution in [0.4, 0.5) is 0 Å². The van der Waals surface area contributed by atoms with E-state index in [1.807, 2.05) is 0 Å². The minimum absolute atomic E-state index is 0.106. The van der Waals surface area contributed by atoms with Gasteiger partial charge in [-0.25, -0.2) is 4.79 Å². The van der Waals surface area contributed by atoms with Gasteiger partial charge in [0.25, 0.3) is 0 Å². The fourth-order valence-corrected chi connectivity index (χ4v) is 2.40. The maximum Gasteiger partial charge on any atom is 0.547 e. The number of ether oxygens (including phenoxy) is 2. The van der Waals surface area contributed by atoms with E-state index in [1.54, 1.807) is 32.9 Å². The Morgan fingerprint density at radius 3 is 2.62 bits per heavy atom. The van der Waals surface area contributed by atoms with Crippen LogP contribution in [0, 0.1) is 5.41 Å². The van der Waals surface area contributed by atoms with E-state index in [1.165, 1.54) is 13.0 Å². The van der Waals surface area contributed by atoms with Crippen molar-refractivity contribution in [1.29, 1.82) is 0 Å². The molecule has 2 rings (SSSR count). The molecule has 0 bridgehead atoms. The Bertz CT molecular complexity index is 714. The number of esters is 2. The van der Waals surface area contributed by atoms with Crippen molar-refractivity contribution in [2.24, 2.45) is 5.41 Å². The molecule has 0 radical (unpaired) electrons. The molecule has 1 aliphatic rings. The SMILES string of the molecule is CC(=O)NC1Cc2cccc(C(=O)OCOC(=O)C(C)(C)C)c2OB1O. The second kappa shape index (κ2) is 7.78. The normalized spacial score (nSPS) is 16.2. The summed E-state index contributed by atoms with van der Waals surface area (Å²) in [7, 11) is -1.29. The van der Waals surface area contributed by atoms with Crippen molar-refractivity contribution in [2.45, 2.75) is 40.1 Å². The van der Waals surface area contributed by atoms with E-state index in [4.69, 9.17) is 14.1 Å². The molecule has 2 N–H and O–H groups in total. The number of fused-ring (bicyclic) bond motifs is 1. The van der Waals surface area contributed by atoms with Crippen LogP contribution < -0.4 is 9.97 Å². The minimum Gasteiger partial charge on any atom is -0.534 e. The van der Waals surface area contributed by atoms with Gasteiger partial charge in [0.15, 0.2) is 0 Å². The summed E-state index contributed by atoms with van der Waals surface area (Å²) >= 11 is 0. The molecule has 1 unspecified atom stereocenters. The molecule has 1 atom stereocenters. The van der Waals surface area contributed by atoms with Gasteiger partial charge >= 0.3 is 19.1 Å². The maximum atomic E-state index is 12.3. The smallest absolute Gasteiger partial charge is 0.534 e. The first kappa shape index (κ1) is 19.8. The Morgan fingerprint density at radius 1 is 1.31 bits per heavy atom. The lowest BCUT2D eigenvalue weighted by molar-refractivity contribution is -0.161. The summed E-state index contributed by atoms with van der Waals surface area (Å²) in [6, 6.07) is 4.85. The molecule has 0 aliphatic carbocycles. The van der Waals surface area contributed by atoms with Crippen LogP contribution in [0.25, 0.3) is 0 Å². The fraction of sp³-hybridized carbons (Fsp3) is 0.471. The van der Waals surface area contributed by atoms with Crippen LogP contribution >= 0.6 is 0 Å². The van der Waals surface area contributed by atoms with Crippen LogP contribution in [0.1, 0.15) is 43.6 Å². The Kier molecular flexibility index (Phi) is 5.92. The molecule has 9 heteroatoms. The van der Waals surface area contributed by atoms with Crippen molar-refractivity contribution >= 4 is 25.0 Å². The Hall–Kier alpha value is -2.55. The van der Waals surface area contributed by atoms with Gasteiger partial charge in [-0.15, -0.1) is 0 Å². The lowest BCUT2D eigenvalue weighted by Gasteiger charge is -2.28. The summed E-state index contributed by atoms with van der Waals surface area (Å²) in [6.07, 6.45) is 0.302. The van der Waals surface area contributed by atoms with Crippen molar-refractivity contribution in [3.05, 3.63) is 29.3 Å². The molecule has 26 heavy (non-hydrogen) atoms. The van der Waals surface area contributed by atoms with Gasteiger partial charge in [-0.05, 0) is 38.8 Å². The van der Waals surface area contributed by atoms with Gasteiger partial charge in [-0.3, -0.25) is 9.59 Å². The van der Waals surface area contributed by atoms with E-state index in [0.29, 0.717) is 12.0 Å². The zero-order valence-corrected chi connectivity index (χ0v) is 15.2. The second-order valence-electron chi connectivity index (χ2n) is 7.04. The lowest BCUT2D eigenvalue weighted by atomic mass is 9.72. The predicted octanol–water partition coefficient (Wildman–Crippen LogP) is 0.849. The number of hydrogen-bond acceptors (Lipinski definition) is 7. The van der Waals surface area contributed by atoms with Gasteiger partial charge in [0, 0.05) is 6.92 Å². The van der Waals surface area contributed by atoms with Crippen LogP contribution in [-0.4, -0.2) is 42.7 Å². The molecule has 1 amide bonds. The first-order valence-corrected chi connectivity index (χ1v) is 8.17. The highest BCUT2D eigenvalue weighted by molar-refractivity contribution is 6.47. The monoisotopic (exact) mass is 363 g/mol. The topological polar surface area (TPSA) is 111 Å². The van der Waals surface area contributed by atoms with Crippen LogP contribution in [0.2, 0.25) is 0 Å². The zero-order chi connectivity index (χ0) is 19.5. The summed E-state index contributed by atoms with van der Waals surface area (Å²) in [6.45, 7) is 5.88. The van der Waals surface area contributed by atoms with E-state index in [-0.39, 0.29) is 17.2 Å². The highest BCUT2D eigenvalue weighted by atomic mass is 16.7. The van der Waals surface area contributed by atoms with Crippen LogP contribution in [-0.2, 0) is 25.5 Å². The van der Waals surface area contributed by atoms with Crippen molar-refractivity contribution < 1.29 is 33.5 Å². The van der Waals surface area contributed by atoms with E-state index in [9.17, 15) is 19.4 Å². The number of carbonyl (C=O) groups excluding carboxylic acids is 3. The number of rotatable bonds is 4. The molecule has 0 spiro atoms. The molecule has 1 heterocycles.